The van der Waals surface area contributed by atoms with Gasteiger partial charge in [-0.15, -0.1) is 0 Å². The number of amides is 2. The first-order valence-corrected chi connectivity index (χ1v) is 11.3. The van der Waals surface area contributed by atoms with Gasteiger partial charge in [-0.2, -0.15) is 0 Å². The molecule has 2 aliphatic heterocycles. The van der Waals surface area contributed by atoms with Crippen molar-refractivity contribution in [2.24, 2.45) is 5.92 Å². The van der Waals surface area contributed by atoms with E-state index in [1.165, 1.54) is 0 Å². The molecular formula is C24H28N4O3. The number of aryl methyl sites for hydroxylation is 1. The number of aromatic amines is 1. The fraction of sp³-hybridized carbons (Fsp3) is 0.500. The Balaban J connectivity index is 1.42. The lowest BCUT2D eigenvalue weighted by Gasteiger charge is -2.36. The molecule has 0 radical (unpaired) electrons. The van der Waals surface area contributed by atoms with Crippen molar-refractivity contribution in [2.45, 2.75) is 58.0 Å². The molecule has 7 heteroatoms. The van der Waals surface area contributed by atoms with E-state index < -0.39 is 0 Å². The van der Waals surface area contributed by atoms with Gasteiger partial charge in [0.2, 0.25) is 5.91 Å². The Morgan fingerprint density at radius 1 is 1.13 bits per heavy atom. The van der Waals surface area contributed by atoms with Crippen LogP contribution in [0.15, 0.2) is 29.1 Å². The predicted molar refractivity (Wildman–Crippen MR) is 116 cm³/mol. The van der Waals surface area contributed by atoms with Gasteiger partial charge in [0, 0.05) is 31.0 Å². The molecule has 5 rings (SSSR count). The molecule has 31 heavy (non-hydrogen) atoms. The third-order valence-corrected chi connectivity index (χ3v) is 6.67. The van der Waals surface area contributed by atoms with Crippen molar-refractivity contribution in [1.29, 1.82) is 0 Å². The van der Waals surface area contributed by atoms with E-state index in [0.29, 0.717) is 43.0 Å². The quantitative estimate of drug-likeness (QED) is 0.827. The van der Waals surface area contributed by atoms with Gasteiger partial charge in [0.05, 0.1) is 23.8 Å². The van der Waals surface area contributed by atoms with E-state index in [2.05, 4.69) is 4.98 Å². The first kappa shape index (κ1) is 20.0. The van der Waals surface area contributed by atoms with E-state index in [0.717, 1.165) is 43.4 Å². The third kappa shape index (κ3) is 3.89. The Hall–Kier alpha value is -2.96. The number of benzene rings is 1. The van der Waals surface area contributed by atoms with Crippen LogP contribution < -0.4 is 5.56 Å². The highest BCUT2D eigenvalue weighted by atomic mass is 16.2. The smallest absolute Gasteiger partial charge is 0.256 e. The first-order valence-electron chi connectivity index (χ1n) is 11.3. The first-order chi connectivity index (χ1) is 15.0. The van der Waals surface area contributed by atoms with E-state index in [1.54, 1.807) is 4.90 Å². The molecule has 3 heterocycles. The molecule has 2 amide bonds. The van der Waals surface area contributed by atoms with Gasteiger partial charge in [-0.05, 0) is 51.2 Å². The number of nitrogens with one attached hydrogen (secondary N) is 1. The van der Waals surface area contributed by atoms with Crippen molar-refractivity contribution in [3.05, 3.63) is 62.8 Å². The Morgan fingerprint density at radius 3 is 2.74 bits per heavy atom. The van der Waals surface area contributed by atoms with Gasteiger partial charge < -0.3 is 14.8 Å². The average molecular weight is 421 g/mol. The van der Waals surface area contributed by atoms with Crippen molar-refractivity contribution >= 4 is 11.8 Å². The van der Waals surface area contributed by atoms with Crippen LogP contribution in [-0.2, 0) is 17.8 Å². The summed E-state index contributed by atoms with van der Waals surface area (Å²) < 4.78 is 0. The zero-order chi connectivity index (χ0) is 21.5. The SMILES string of the molecule is Cc1cccc(C(=O)N2CCCCC2c2nc3c(c(=O)[nH]2)CN(C(=O)C2CC2)CC3)c1. The number of carbonyl (C=O) groups is 2. The molecule has 1 aromatic carbocycles. The van der Waals surface area contributed by atoms with Crippen molar-refractivity contribution in [1.82, 2.24) is 19.8 Å². The highest BCUT2D eigenvalue weighted by Gasteiger charge is 2.36. The third-order valence-electron chi connectivity index (χ3n) is 6.67. The normalized spacial score (nSPS) is 21.0. The maximum Gasteiger partial charge on any atom is 0.256 e. The summed E-state index contributed by atoms with van der Waals surface area (Å²) in [5.41, 5.74) is 2.90. The molecular weight excluding hydrogens is 392 g/mol. The summed E-state index contributed by atoms with van der Waals surface area (Å²) in [5, 5.41) is 0. The number of rotatable bonds is 3. The second-order valence-electron chi connectivity index (χ2n) is 9.04. The topological polar surface area (TPSA) is 86.4 Å². The van der Waals surface area contributed by atoms with Gasteiger partial charge in [-0.25, -0.2) is 4.98 Å². The molecule has 3 aliphatic rings. The van der Waals surface area contributed by atoms with E-state index in [9.17, 15) is 14.4 Å². The van der Waals surface area contributed by atoms with E-state index >= 15 is 0 Å². The zero-order valence-corrected chi connectivity index (χ0v) is 17.9. The minimum atomic E-state index is -0.231. The van der Waals surface area contributed by atoms with E-state index in [4.69, 9.17) is 4.98 Å². The van der Waals surface area contributed by atoms with Crippen LogP contribution in [0.5, 0.6) is 0 Å². The minimum Gasteiger partial charge on any atom is -0.337 e. The fourth-order valence-electron chi connectivity index (χ4n) is 4.78. The van der Waals surface area contributed by atoms with E-state index in [-0.39, 0.29) is 29.3 Å². The van der Waals surface area contributed by atoms with Gasteiger partial charge in [0.15, 0.2) is 0 Å². The summed E-state index contributed by atoms with van der Waals surface area (Å²) in [6.07, 6.45) is 5.23. The monoisotopic (exact) mass is 420 g/mol. The Morgan fingerprint density at radius 2 is 1.97 bits per heavy atom. The molecule has 162 valence electrons. The Kier molecular flexibility index (Phi) is 5.12. The fourth-order valence-corrected chi connectivity index (χ4v) is 4.78. The molecule has 2 aromatic rings. The van der Waals surface area contributed by atoms with E-state index in [1.807, 2.05) is 36.1 Å². The highest BCUT2D eigenvalue weighted by Crippen LogP contribution is 2.33. The molecule has 0 bridgehead atoms. The molecule has 1 saturated heterocycles. The summed E-state index contributed by atoms with van der Waals surface area (Å²) in [6.45, 7) is 3.57. The summed E-state index contributed by atoms with van der Waals surface area (Å²) in [5.74, 6) is 0.869. The number of fused-ring (bicyclic) bond motifs is 1. The lowest BCUT2D eigenvalue weighted by Crippen LogP contribution is -2.43. The lowest BCUT2D eigenvalue weighted by molar-refractivity contribution is -0.133. The Bertz CT molecular complexity index is 1090. The number of nitrogens with zero attached hydrogens (tertiary/aromatic N) is 3. The van der Waals surface area contributed by atoms with Gasteiger partial charge in [-0.3, -0.25) is 14.4 Å². The molecule has 0 spiro atoms. The zero-order valence-electron chi connectivity index (χ0n) is 17.9. The van der Waals surface area contributed by atoms with Crippen molar-refractivity contribution in [2.75, 3.05) is 13.1 Å². The molecule has 7 nitrogen and oxygen atoms in total. The molecule has 1 atom stereocenters. The van der Waals surface area contributed by atoms with Crippen LogP contribution in [0, 0.1) is 12.8 Å². The van der Waals surface area contributed by atoms with Crippen LogP contribution in [0.2, 0.25) is 0 Å². The van der Waals surface area contributed by atoms with Crippen LogP contribution in [-0.4, -0.2) is 44.7 Å². The molecule has 1 aromatic heterocycles. The Labute approximate surface area is 181 Å². The van der Waals surface area contributed by atoms with Crippen molar-refractivity contribution in [3.63, 3.8) is 0 Å². The standard InChI is InChI=1S/C24H28N4O3/c1-15-5-4-6-17(13-15)24(31)28-11-3-2-7-20(28)21-25-19-10-12-27(23(30)16-8-9-16)14-18(19)22(29)26-21/h4-6,13,16,20H,2-3,7-12,14H2,1H3,(H,25,26,29). The second-order valence-corrected chi connectivity index (χ2v) is 9.04. The van der Waals surface area contributed by atoms with Crippen LogP contribution in [0.3, 0.4) is 0 Å². The molecule has 1 unspecified atom stereocenters. The number of hydrogen-bond acceptors (Lipinski definition) is 4. The number of hydrogen-bond donors (Lipinski definition) is 1. The second kappa shape index (κ2) is 7.94. The van der Waals surface area contributed by atoms with Gasteiger partial charge in [-0.1, -0.05) is 17.7 Å². The summed E-state index contributed by atoms with van der Waals surface area (Å²) in [4.78, 5) is 50.0. The van der Waals surface area contributed by atoms with Gasteiger partial charge in [0.25, 0.3) is 11.5 Å². The van der Waals surface area contributed by atoms with Crippen LogP contribution >= 0.6 is 0 Å². The van der Waals surface area contributed by atoms with Gasteiger partial charge in [0.1, 0.15) is 5.82 Å². The molecule has 2 fully saturated rings. The predicted octanol–water partition coefficient (Wildman–Crippen LogP) is 2.74. The number of carbonyl (C=O) groups excluding carboxylic acids is 2. The number of H-pyrrole nitrogens is 1. The average Bonchev–Trinajstić information content (AvgIpc) is 3.63. The molecule has 1 saturated carbocycles. The number of piperidine rings is 1. The van der Waals surface area contributed by atoms with Crippen molar-refractivity contribution in [3.8, 4) is 0 Å². The molecule has 1 N–H and O–H groups in total. The minimum absolute atomic E-state index is 0.0185. The maximum atomic E-state index is 13.3. The maximum absolute atomic E-state index is 13.3. The van der Waals surface area contributed by atoms with Crippen molar-refractivity contribution < 1.29 is 9.59 Å². The van der Waals surface area contributed by atoms with Crippen LogP contribution in [0.1, 0.15) is 71.1 Å². The van der Waals surface area contributed by atoms with Gasteiger partial charge >= 0.3 is 0 Å². The summed E-state index contributed by atoms with van der Waals surface area (Å²) >= 11 is 0. The lowest BCUT2D eigenvalue weighted by atomic mass is 9.98. The van der Waals surface area contributed by atoms with Crippen LogP contribution in [0.25, 0.3) is 0 Å². The largest absolute Gasteiger partial charge is 0.337 e. The number of aromatic nitrogens is 2. The molecule has 1 aliphatic carbocycles. The highest BCUT2D eigenvalue weighted by molar-refractivity contribution is 5.94. The summed E-state index contributed by atoms with van der Waals surface area (Å²) in [6, 6.07) is 7.39. The number of likely N-dealkylation sites (tertiary alicyclic amines) is 1. The summed E-state index contributed by atoms with van der Waals surface area (Å²) in [7, 11) is 0. The van der Waals surface area contributed by atoms with Crippen LogP contribution in [0.4, 0.5) is 0 Å².